The first-order valence-electron chi connectivity index (χ1n) is 4.54. The van der Waals surface area contributed by atoms with Crippen LogP contribution in [0.2, 0.25) is 0 Å². The fourth-order valence-electron chi connectivity index (χ4n) is 1.84. The van der Waals surface area contributed by atoms with E-state index in [1.54, 1.807) is 0 Å². The van der Waals surface area contributed by atoms with Crippen molar-refractivity contribution in [3.63, 3.8) is 0 Å². The molecule has 4 atom stereocenters. The molecule has 0 amide bonds. The van der Waals surface area contributed by atoms with E-state index in [2.05, 4.69) is 0 Å². The highest BCUT2D eigenvalue weighted by Gasteiger charge is 2.46. The molecule has 0 saturated carbocycles. The van der Waals surface area contributed by atoms with E-state index in [1.807, 2.05) is 0 Å². The minimum absolute atomic E-state index is 0.0244. The van der Waals surface area contributed by atoms with Crippen LogP contribution in [0.3, 0.4) is 0 Å². The van der Waals surface area contributed by atoms with Gasteiger partial charge in [-0.2, -0.15) is 0 Å². The molecule has 5 heteroatoms. The van der Waals surface area contributed by atoms with E-state index in [0.717, 1.165) is 0 Å². The molecule has 0 aromatic rings. The molecule has 2 aliphatic rings. The first-order valence-corrected chi connectivity index (χ1v) is 4.54. The van der Waals surface area contributed by atoms with Crippen LogP contribution in [-0.2, 0) is 14.2 Å². The maximum absolute atomic E-state index is 8.59. The molecule has 0 aliphatic carbocycles. The van der Waals surface area contributed by atoms with Crippen molar-refractivity contribution in [2.24, 2.45) is 5.73 Å². The molecule has 2 rings (SSSR count). The van der Waals surface area contributed by atoms with Gasteiger partial charge in [0.1, 0.15) is 18.3 Å². The number of fused-ring (bicyclic) bond motifs is 1. The van der Waals surface area contributed by atoms with Gasteiger partial charge in [0.25, 0.3) is 0 Å². The Labute approximate surface area is 76.8 Å². The molecule has 0 bridgehead atoms. The highest BCUT2D eigenvalue weighted by molar-refractivity contribution is 4.96. The predicted molar refractivity (Wildman–Crippen MR) is 44.3 cm³/mol. The summed E-state index contributed by atoms with van der Waals surface area (Å²) < 4.78 is 16.2. The second kappa shape index (κ2) is 3.89. The summed E-state index contributed by atoms with van der Waals surface area (Å²) in [5, 5.41) is 8.59. The van der Waals surface area contributed by atoms with Gasteiger partial charge in [0.15, 0.2) is 0 Å². The lowest BCUT2D eigenvalue weighted by molar-refractivity contribution is -0.0408. The van der Waals surface area contributed by atoms with Gasteiger partial charge in [-0.3, -0.25) is 0 Å². The van der Waals surface area contributed by atoms with Crippen molar-refractivity contribution in [1.82, 2.24) is 0 Å². The molecule has 2 aliphatic heterocycles. The van der Waals surface area contributed by atoms with Crippen LogP contribution in [0.5, 0.6) is 0 Å². The first-order chi connectivity index (χ1) is 6.33. The summed E-state index contributed by atoms with van der Waals surface area (Å²) in [5.74, 6) is 0. The molecule has 13 heavy (non-hydrogen) atoms. The Balaban J connectivity index is 1.87. The number of hydrogen-bond donors (Lipinski definition) is 2. The quantitative estimate of drug-likeness (QED) is 0.564. The second-order valence-corrected chi connectivity index (χ2v) is 3.39. The van der Waals surface area contributed by atoms with Gasteiger partial charge in [-0.1, -0.05) is 0 Å². The summed E-state index contributed by atoms with van der Waals surface area (Å²) in [6.45, 7) is 1.41. The number of ether oxygens (including phenoxy) is 3. The third kappa shape index (κ3) is 1.70. The van der Waals surface area contributed by atoms with Crippen LogP contribution < -0.4 is 5.73 Å². The summed E-state index contributed by atoms with van der Waals surface area (Å²) in [4.78, 5) is 0. The van der Waals surface area contributed by atoms with Crippen molar-refractivity contribution < 1.29 is 19.3 Å². The van der Waals surface area contributed by atoms with Crippen LogP contribution >= 0.6 is 0 Å². The van der Waals surface area contributed by atoms with E-state index >= 15 is 0 Å². The van der Waals surface area contributed by atoms with Crippen LogP contribution in [0.1, 0.15) is 0 Å². The maximum Gasteiger partial charge on any atom is 0.114 e. The van der Waals surface area contributed by atoms with Crippen molar-refractivity contribution >= 4 is 0 Å². The SMILES string of the molecule is NC1COC2C(OCCO)COC12. The zero-order chi connectivity index (χ0) is 9.26. The molecule has 2 heterocycles. The summed E-state index contributed by atoms with van der Waals surface area (Å²) in [6.07, 6.45) is -0.129. The molecular formula is C8H15NO4. The van der Waals surface area contributed by atoms with Crippen LogP contribution in [0.4, 0.5) is 0 Å². The Bertz CT molecular complexity index is 178. The Morgan fingerprint density at radius 1 is 1.31 bits per heavy atom. The average molecular weight is 189 g/mol. The number of aliphatic hydroxyl groups is 1. The molecule has 0 radical (unpaired) electrons. The van der Waals surface area contributed by atoms with Gasteiger partial charge >= 0.3 is 0 Å². The zero-order valence-electron chi connectivity index (χ0n) is 7.39. The molecule has 0 aromatic carbocycles. The fraction of sp³-hybridized carbons (Fsp3) is 1.00. The molecule has 0 spiro atoms. The van der Waals surface area contributed by atoms with E-state index in [-0.39, 0.29) is 31.0 Å². The standard InChI is InChI=1S/C8H15NO4/c9-5-3-12-8-6(11-2-1-10)4-13-7(5)8/h5-8,10H,1-4,9H2. The lowest BCUT2D eigenvalue weighted by atomic mass is 10.1. The predicted octanol–water partition coefficient (Wildman–Crippen LogP) is -1.51. The summed E-state index contributed by atoms with van der Waals surface area (Å²) >= 11 is 0. The molecule has 0 aromatic heterocycles. The fourth-order valence-corrected chi connectivity index (χ4v) is 1.84. The molecule has 76 valence electrons. The van der Waals surface area contributed by atoms with Crippen molar-refractivity contribution in [2.45, 2.75) is 24.4 Å². The van der Waals surface area contributed by atoms with E-state index < -0.39 is 0 Å². The van der Waals surface area contributed by atoms with Crippen LogP contribution in [-0.4, -0.2) is 55.9 Å². The largest absolute Gasteiger partial charge is 0.394 e. The zero-order valence-corrected chi connectivity index (χ0v) is 7.39. The van der Waals surface area contributed by atoms with Gasteiger partial charge in [-0.25, -0.2) is 0 Å². The second-order valence-electron chi connectivity index (χ2n) is 3.39. The highest BCUT2D eigenvalue weighted by atomic mass is 16.6. The molecule has 4 unspecified atom stereocenters. The van der Waals surface area contributed by atoms with Crippen molar-refractivity contribution in [2.75, 3.05) is 26.4 Å². The van der Waals surface area contributed by atoms with Crippen molar-refractivity contribution in [3.8, 4) is 0 Å². The van der Waals surface area contributed by atoms with Gasteiger partial charge < -0.3 is 25.1 Å². The summed E-state index contributed by atoms with van der Waals surface area (Å²) in [7, 11) is 0. The van der Waals surface area contributed by atoms with Gasteiger partial charge in [0.05, 0.1) is 32.5 Å². The molecule has 2 fully saturated rings. The Kier molecular flexibility index (Phi) is 2.80. The molecule has 2 saturated heterocycles. The summed E-state index contributed by atoms with van der Waals surface area (Å²) in [6, 6.07) is -0.0345. The third-order valence-electron chi connectivity index (χ3n) is 2.47. The van der Waals surface area contributed by atoms with E-state index in [9.17, 15) is 0 Å². The lowest BCUT2D eigenvalue weighted by Crippen LogP contribution is -2.37. The Morgan fingerprint density at radius 2 is 2.08 bits per heavy atom. The minimum atomic E-state index is -0.0642. The van der Waals surface area contributed by atoms with E-state index in [0.29, 0.717) is 19.8 Å². The van der Waals surface area contributed by atoms with Crippen molar-refractivity contribution in [3.05, 3.63) is 0 Å². The normalized spacial score (nSPS) is 43.8. The van der Waals surface area contributed by atoms with E-state index in [4.69, 9.17) is 25.1 Å². The Morgan fingerprint density at radius 3 is 2.85 bits per heavy atom. The van der Waals surface area contributed by atoms with Gasteiger partial charge in [-0.05, 0) is 0 Å². The van der Waals surface area contributed by atoms with Crippen LogP contribution in [0, 0.1) is 0 Å². The number of nitrogens with two attached hydrogens (primary N) is 1. The summed E-state index contributed by atoms with van der Waals surface area (Å²) in [5.41, 5.74) is 5.76. The van der Waals surface area contributed by atoms with Gasteiger partial charge in [0, 0.05) is 0 Å². The maximum atomic E-state index is 8.59. The Hall–Kier alpha value is -0.200. The minimum Gasteiger partial charge on any atom is -0.394 e. The topological polar surface area (TPSA) is 73.9 Å². The van der Waals surface area contributed by atoms with E-state index in [1.165, 1.54) is 0 Å². The smallest absolute Gasteiger partial charge is 0.114 e. The van der Waals surface area contributed by atoms with Crippen LogP contribution in [0.15, 0.2) is 0 Å². The molecular weight excluding hydrogens is 174 g/mol. The van der Waals surface area contributed by atoms with Gasteiger partial charge in [-0.15, -0.1) is 0 Å². The molecule has 5 nitrogen and oxygen atoms in total. The lowest BCUT2D eigenvalue weighted by Gasteiger charge is -2.15. The monoisotopic (exact) mass is 189 g/mol. The number of rotatable bonds is 3. The third-order valence-corrected chi connectivity index (χ3v) is 2.47. The number of aliphatic hydroxyl groups excluding tert-OH is 1. The van der Waals surface area contributed by atoms with Crippen LogP contribution in [0.25, 0.3) is 0 Å². The van der Waals surface area contributed by atoms with Crippen molar-refractivity contribution in [1.29, 1.82) is 0 Å². The van der Waals surface area contributed by atoms with Gasteiger partial charge in [0.2, 0.25) is 0 Å². The number of hydrogen-bond acceptors (Lipinski definition) is 5. The highest BCUT2D eigenvalue weighted by Crippen LogP contribution is 2.27. The first kappa shape index (κ1) is 9.36. The average Bonchev–Trinajstić information content (AvgIpc) is 2.67. The molecule has 3 N–H and O–H groups in total.